The molecule has 0 aliphatic carbocycles. The summed E-state index contributed by atoms with van der Waals surface area (Å²) >= 11 is 6.35. The molecule has 2 aliphatic heterocycles. The monoisotopic (exact) mass is 416 g/mol. The molecule has 2 aliphatic rings. The van der Waals surface area contributed by atoms with Crippen LogP contribution in [0.4, 0.5) is 10.2 Å². The lowest BCUT2D eigenvalue weighted by Crippen LogP contribution is -2.38. The van der Waals surface area contributed by atoms with Crippen molar-refractivity contribution in [3.8, 4) is 0 Å². The summed E-state index contributed by atoms with van der Waals surface area (Å²) in [7, 11) is 0. The molecule has 3 heterocycles. The fourth-order valence-electron chi connectivity index (χ4n) is 4.34. The highest BCUT2D eigenvalue weighted by molar-refractivity contribution is 6.31. The molecule has 0 bridgehead atoms. The minimum Gasteiger partial charge on any atom is -0.356 e. The Kier molecular flexibility index (Phi) is 6.31. The molecule has 1 amide bonds. The summed E-state index contributed by atoms with van der Waals surface area (Å²) < 4.78 is 14.6. The molecule has 1 unspecified atom stereocenters. The third kappa shape index (κ3) is 4.38. The minimum absolute atomic E-state index is 0.184. The Bertz CT molecular complexity index is 845. The zero-order valence-corrected chi connectivity index (χ0v) is 17.2. The molecule has 4 rings (SSSR count). The third-order valence-corrected chi connectivity index (χ3v) is 6.14. The highest BCUT2D eigenvalue weighted by atomic mass is 35.5. The molecule has 1 atom stereocenters. The molecule has 1 aromatic heterocycles. The van der Waals surface area contributed by atoms with E-state index < -0.39 is 0 Å². The van der Waals surface area contributed by atoms with Gasteiger partial charge in [0.05, 0.1) is 11.6 Å². The predicted molar refractivity (Wildman–Crippen MR) is 113 cm³/mol. The van der Waals surface area contributed by atoms with Crippen molar-refractivity contribution in [1.82, 2.24) is 15.2 Å². The first-order valence-electron chi connectivity index (χ1n) is 10.3. The molecule has 29 heavy (non-hydrogen) atoms. The SMILES string of the molecule is O=C(NCC(c1c(F)cccc1Cl)N1CCCC1)c1cccnc1N1CCCC1. The van der Waals surface area contributed by atoms with Crippen molar-refractivity contribution in [3.63, 3.8) is 0 Å². The van der Waals surface area contributed by atoms with Gasteiger partial charge in [-0.3, -0.25) is 9.69 Å². The molecule has 2 saturated heterocycles. The molecular formula is C22H26ClFN4O. The van der Waals surface area contributed by atoms with E-state index in [0.29, 0.717) is 22.7 Å². The van der Waals surface area contributed by atoms with Gasteiger partial charge in [0.1, 0.15) is 11.6 Å². The van der Waals surface area contributed by atoms with Gasteiger partial charge in [-0.15, -0.1) is 0 Å². The molecule has 2 aromatic rings. The van der Waals surface area contributed by atoms with Crippen LogP contribution in [0.3, 0.4) is 0 Å². The molecule has 1 aromatic carbocycles. The Hall–Kier alpha value is -2.18. The van der Waals surface area contributed by atoms with Crippen molar-refractivity contribution >= 4 is 23.3 Å². The number of nitrogens with zero attached hydrogens (tertiary/aromatic N) is 3. The molecule has 7 heteroatoms. The fraction of sp³-hybridized carbons (Fsp3) is 0.455. The first-order chi connectivity index (χ1) is 14.1. The van der Waals surface area contributed by atoms with Crippen LogP contribution in [0.2, 0.25) is 5.02 Å². The molecule has 5 nitrogen and oxygen atoms in total. The molecule has 0 saturated carbocycles. The number of hydrogen-bond donors (Lipinski definition) is 1. The maximum atomic E-state index is 14.6. The van der Waals surface area contributed by atoms with E-state index in [1.54, 1.807) is 30.5 Å². The Morgan fingerprint density at radius 1 is 1.10 bits per heavy atom. The maximum Gasteiger partial charge on any atom is 0.255 e. The molecule has 0 radical (unpaired) electrons. The second-order valence-electron chi connectivity index (χ2n) is 7.67. The summed E-state index contributed by atoms with van der Waals surface area (Å²) in [6.07, 6.45) is 6.08. The van der Waals surface area contributed by atoms with Gasteiger partial charge in [0.2, 0.25) is 0 Å². The van der Waals surface area contributed by atoms with E-state index in [-0.39, 0.29) is 17.8 Å². The minimum atomic E-state index is -0.331. The first-order valence-corrected chi connectivity index (χ1v) is 10.7. The Labute approximate surface area is 175 Å². The lowest BCUT2D eigenvalue weighted by Gasteiger charge is -2.29. The number of carbonyl (C=O) groups excluding carboxylic acids is 1. The van der Waals surface area contributed by atoms with Crippen molar-refractivity contribution in [2.75, 3.05) is 37.6 Å². The zero-order valence-electron chi connectivity index (χ0n) is 16.4. The maximum absolute atomic E-state index is 14.6. The number of aromatic nitrogens is 1. The van der Waals surface area contributed by atoms with Crippen molar-refractivity contribution in [3.05, 3.63) is 58.5 Å². The van der Waals surface area contributed by atoms with Gasteiger partial charge < -0.3 is 10.2 Å². The number of nitrogens with one attached hydrogen (secondary N) is 1. The molecular weight excluding hydrogens is 391 g/mol. The van der Waals surface area contributed by atoms with Gasteiger partial charge in [-0.05, 0) is 63.0 Å². The highest BCUT2D eigenvalue weighted by Crippen LogP contribution is 2.32. The normalized spacial score (nSPS) is 18.2. The van der Waals surface area contributed by atoms with Crippen LogP contribution in [0.15, 0.2) is 36.5 Å². The number of carbonyl (C=O) groups is 1. The van der Waals surface area contributed by atoms with Crippen molar-refractivity contribution < 1.29 is 9.18 Å². The van der Waals surface area contributed by atoms with E-state index in [9.17, 15) is 9.18 Å². The van der Waals surface area contributed by atoms with Gasteiger partial charge in [0.15, 0.2) is 0 Å². The van der Waals surface area contributed by atoms with E-state index in [4.69, 9.17) is 11.6 Å². The summed E-state index contributed by atoms with van der Waals surface area (Å²) in [5, 5.41) is 3.42. The number of benzene rings is 1. The van der Waals surface area contributed by atoms with Gasteiger partial charge in [-0.25, -0.2) is 9.37 Å². The average Bonchev–Trinajstić information content (AvgIpc) is 3.44. The Morgan fingerprint density at radius 3 is 2.55 bits per heavy atom. The van der Waals surface area contributed by atoms with Gasteiger partial charge >= 0.3 is 0 Å². The van der Waals surface area contributed by atoms with Crippen LogP contribution in [-0.2, 0) is 0 Å². The molecule has 1 N–H and O–H groups in total. The molecule has 2 fully saturated rings. The van der Waals surface area contributed by atoms with Crippen molar-refractivity contribution in [1.29, 1.82) is 0 Å². The standard InChI is InChI=1S/C22H26ClFN4O/c23-17-8-5-9-18(24)20(17)19(27-11-1-2-12-27)15-26-22(29)16-7-6-10-25-21(16)28-13-3-4-14-28/h5-10,19H,1-4,11-15H2,(H,26,29). The smallest absolute Gasteiger partial charge is 0.255 e. The van der Waals surface area contributed by atoms with E-state index >= 15 is 0 Å². The van der Waals surface area contributed by atoms with Crippen molar-refractivity contribution in [2.45, 2.75) is 31.7 Å². The van der Waals surface area contributed by atoms with E-state index in [1.165, 1.54) is 6.07 Å². The van der Waals surface area contributed by atoms with Gasteiger partial charge in [-0.2, -0.15) is 0 Å². The molecule has 0 spiro atoms. The van der Waals surface area contributed by atoms with Crippen LogP contribution in [0, 0.1) is 5.82 Å². The first kappa shape index (κ1) is 20.1. The Morgan fingerprint density at radius 2 is 1.83 bits per heavy atom. The van der Waals surface area contributed by atoms with Gasteiger partial charge in [0.25, 0.3) is 5.91 Å². The summed E-state index contributed by atoms with van der Waals surface area (Å²) in [6, 6.07) is 8.04. The van der Waals surface area contributed by atoms with E-state index in [0.717, 1.165) is 57.7 Å². The third-order valence-electron chi connectivity index (χ3n) is 5.81. The number of pyridine rings is 1. The van der Waals surface area contributed by atoms with E-state index in [1.807, 2.05) is 0 Å². The number of hydrogen-bond acceptors (Lipinski definition) is 4. The van der Waals surface area contributed by atoms with Crippen LogP contribution < -0.4 is 10.2 Å². The Balaban J connectivity index is 1.54. The number of rotatable bonds is 6. The van der Waals surface area contributed by atoms with Crippen LogP contribution in [0.1, 0.15) is 47.6 Å². The number of likely N-dealkylation sites (tertiary alicyclic amines) is 1. The van der Waals surface area contributed by atoms with E-state index in [2.05, 4.69) is 20.1 Å². The number of amides is 1. The summed E-state index contributed by atoms with van der Waals surface area (Å²) in [5.41, 5.74) is 1.02. The second kappa shape index (κ2) is 9.09. The number of halogens is 2. The zero-order chi connectivity index (χ0) is 20.2. The lowest BCUT2D eigenvalue weighted by molar-refractivity contribution is 0.0937. The fourth-order valence-corrected chi connectivity index (χ4v) is 4.62. The van der Waals surface area contributed by atoms with Crippen LogP contribution in [-0.4, -0.2) is 48.5 Å². The lowest BCUT2D eigenvalue weighted by atomic mass is 10.0. The molecule has 154 valence electrons. The summed E-state index contributed by atoms with van der Waals surface area (Å²) in [6.45, 7) is 3.87. The summed E-state index contributed by atoms with van der Waals surface area (Å²) in [4.78, 5) is 21.8. The average molecular weight is 417 g/mol. The highest BCUT2D eigenvalue weighted by Gasteiger charge is 2.29. The van der Waals surface area contributed by atoms with Gasteiger partial charge in [0, 0.05) is 36.4 Å². The number of anilines is 1. The van der Waals surface area contributed by atoms with Gasteiger partial charge in [-0.1, -0.05) is 17.7 Å². The second-order valence-corrected chi connectivity index (χ2v) is 8.08. The van der Waals surface area contributed by atoms with Crippen molar-refractivity contribution in [2.24, 2.45) is 0 Å². The largest absolute Gasteiger partial charge is 0.356 e. The van der Waals surface area contributed by atoms with Crippen LogP contribution in [0.25, 0.3) is 0 Å². The quantitative estimate of drug-likeness (QED) is 0.772. The topological polar surface area (TPSA) is 48.5 Å². The predicted octanol–water partition coefficient (Wildman–Crippen LogP) is 4.04. The van der Waals surface area contributed by atoms with Crippen LogP contribution >= 0.6 is 11.6 Å². The van der Waals surface area contributed by atoms with Crippen LogP contribution in [0.5, 0.6) is 0 Å². The summed E-state index contributed by atoms with van der Waals surface area (Å²) in [5.74, 6) is 0.212.